The number of likely N-dealkylation sites (tertiary alicyclic amines) is 1. The molecule has 0 N–H and O–H groups in total. The highest BCUT2D eigenvalue weighted by atomic mass is 16.5. The zero-order valence-corrected chi connectivity index (χ0v) is 19.8. The molecule has 0 radical (unpaired) electrons. The van der Waals surface area contributed by atoms with Gasteiger partial charge in [0.25, 0.3) is 5.56 Å². The molecule has 178 valence electrons. The third kappa shape index (κ3) is 6.00. The van der Waals surface area contributed by atoms with E-state index in [2.05, 4.69) is 41.3 Å². The summed E-state index contributed by atoms with van der Waals surface area (Å²) >= 11 is 0. The van der Waals surface area contributed by atoms with E-state index in [1.165, 1.54) is 43.1 Å². The Morgan fingerprint density at radius 1 is 0.714 bits per heavy atom. The van der Waals surface area contributed by atoms with Crippen molar-refractivity contribution >= 4 is 0 Å². The summed E-state index contributed by atoms with van der Waals surface area (Å²) < 4.78 is 13.3. The Hall–Kier alpha value is -3.83. The van der Waals surface area contributed by atoms with E-state index in [4.69, 9.17) is 9.47 Å². The van der Waals surface area contributed by atoms with Gasteiger partial charge in [-0.3, -0.25) is 14.3 Å². The van der Waals surface area contributed by atoms with Crippen LogP contribution in [-0.4, -0.2) is 35.7 Å². The van der Waals surface area contributed by atoms with Crippen LogP contribution >= 0.6 is 0 Å². The number of benzene rings is 3. The van der Waals surface area contributed by atoms with Crippen LogP contribution < -0.4 is 15.0 Å². The lowest BCUT2D eigenvalue weighted by Gasteiger charge is -2.15. The number of aromatic nitrogens is 1. The lowest BCUT2D eigenvalue weighted by atomic mass is 10.0. The standard InChI is InChI=1S/C30H30N2O3/c33-30-22-29(35-23-24-8-10-26(11-9-24)25-6-2-1-3-7-25)16-19-32(30)27-12-14-28(15-13-27)34-21-20-31-17-4-5-18-31/h1-3,6-16,19,22H,4-5,17-18,20-21,23H2. The van der Waals surface area contributed by atoms with E-state index in [0.717, 1.165) is 23.5 Å². The first kappa shape index (κ1) is 22.9. The Balaban J connectivity index is 1.16. The minimum atomic E-state index is -0.135. The van der Waals surface area contributed by atoms with E-state index in [-0.39, 0.29) is 5.56 Å². The van der Waals surface area contributed by atoms with Crippen LogP contribution in [0.3, 0.4) is 0 Å². The summed E-state index contributed by atoms with van der Waals surface area (Å²) in [7, 11) is 0. The zero-order chi connectivity index (χ0) is 23.9. The van der Waals surface area contributed by atoms with Gasteiger partial charge in [-0.1, -0.05) is 54.6 Å². The average molecular weight is 467 g/mol. The maximum Gasteiger partial charge on any atom is 0.258 e. The summed E-state index contributed by atoms with van der Waals surface area (Å²) in [5.74, 6) is 1.37. The van der Waals surface area contributed by atoms with Crippen molar-refractivity contribution in [2.24, 2.45) is 0 Å². The van der Waals surface area contributed by atoms with Crippen LogP contribution in [0.2, 0.25) is 0 Å². The minimum Gasteiger partial charge on any atom is -0.492 e. The van der Waals surface area contributed by atoms with E-state index in [1.54, 1.807) is 10.8 Å². The summed E-state index contributed by atoms with van der Waals surface area (Å²) in [6.45, 7) is 4.39. The fourth-order valence-electron chi connectivity index (χ4n) is 4.36. The molecule has 0 amide bonds. The second-order valence-electron chi connectivity index (χ2n) is 8.81. The largest absolute Gasteiger partial charge is 0.492 e. The molecule has 5 rings (SSSR count). The number of hydrogen-bond acceptors (Lipinski definition) is 4. The van der Waals surface area contributed by atoms with Gasteiger partial charge >= 0.3 is 0 Å². The molecule has 0 bridgehead atoms. The molecule has 0 aliphatic carbocycles. The van der Waals surface area contributed by atoms with Crippen molar-refractivity contribution < 1.29 is 9.47 Å². The summed E-state index contributed by atoms with van der Waals surface area (Å²) in [5, 5.41) is 0. The van der Waals surface area contributed by atoms with Crippen LogP contribution in [0.5, 0.6) is 11.5 Å². The SMILES string of the molecule is O=c1cc(OCc2ccc(-c3ccccc3)cc2)ccn1-c1ccc(OCCN2CCCC2)cc1. The van der Waals surface area contributed by atoms with Gasteiger partial charge in [0.05, 0.1) is 0 Å². The van der Waals surface area contributed by atoms with Gasteiger partial charge in [0.1, 0.15) is 24.7 Å². The fraction of sp³-hybridized carbons (Fsp3) is 0.233. The third-order valence-corrected chi connectivity index (χ3v) is 6.35. The quantitative estimate of drug-likeness (QED) is 0.324. The lowest BCUT2D eigenvalue weighted by Crippen LogP contribution is -2.25. The van der Waals surface area contributed by atoms with E-state index in [0.29, 0.717) is 19.0 Å². The maximum atomic E-state index is 12.7. The zero-order valence-electron chi connectivity index (χ0n) is 19.8. The van der Waals surface area contributed by atoms with E-state index >= 15 is 0 Å². The number of ether oxygens (including phenoxy) is 2. The van der Waals surface area contributed by atoms with Gasteiger partial charge in [0.15, 0.2) is 0 Å². The molecule has 4 aromatic rings. The summed E-state index contributed by atoms with van der Waals surface area (Å²) in [4.78, 5) is 15.1. The Kier molecular flexibility index (Phi) is 7.25. The monoisotopic (exact) mass is 466 g/mol. The van der Waals surface area contributed by atoms with Crippen LogP contribution in [0.25, 0.3) is 16.8 Å². The normalized spacial score (nSPS) is 13.6. The van der Waals surface area contributed by atoms with Crippen molar-refractivity contribution in [3.63, 3.8) is 0 Å². The third-order valence-electron chi connectivity index (χ3n) is 6.35. The van der Waals surface area contributed by atoms with Crippen molar-refractivity contribution in [3.8, 4) is 28.3 Å². The molecule has 0 saturated carbocycles. The van der Waals surface area contributed by atoms with Crippen molar-refractivity contribution in [2.75, 3.05) is 26.2 Å². The van der Waals surface area contributed by atoms with Gasteiger partial charge in [0.2, 0.25) is 0 Å². The number of nitrogens with zero attached hydrogens (tertiary/aromatic N) is 2. The summed E-state index contributed by atoms with van der Waals surface area (Å²) in [5.41, 5.74) is 4.06. The molecule has 5 nitrogen and oxygen atoms in total. The highest BCUT2D eigenvalue weighted by molar-refractivity contribution is 5.63. The van der Waals surface area contributed by atoms with Crippen molar-refractivity contribution in [2.45, 2.75) is 19.4 Å². The number of hydrogen-bond donors (Lipinski definition) is 0. The Morgan fingerprint density at radius 2 is 1.43 bits per heavy atom. The van der Waals surface area contributed by atoms with Gasteiger partial charge in [-0.05, 0) is 73.0 Å². The molecule has 0 spiro atoms. The second kappa shape index (κ2) is 11.1. The first-order chi connectivity index (χ1) is 17.2. The van der Waals surface area contributed by atoms with Crippen LogP contribution in [0.1, 0.15) is 18.4 Å². The smallest absolute Gasteiger partial charge is 0.258 e. The second-order valence-corrected chi connectivity index (χ2v) is 8.81. The molecule has 1 fully saturated rings. The van der Waals surface area contributed by atoms with Crippen LogP contribution in [0.4, 0.5) is 0 Å². The van der Waals surface area contributed by atoms with E-state index < -0.39 is 0 Å². The molecule has 2 heterocycles. The van der Waals surface area contributed by atoms with Crippen LogP contribution in [0, 0.1) is 0 Å². The molecule has 1 aromatic heterocycles. The molecule has 1 aliphatic heterocycles. The highest BCUT2D eigenvalue weighted by Crippen LogP contribution is 2.20. The lowest BCUT2D eigenvalue weighted by molar-refractivity contribution is 0.238. The first-order valence-corrected chi connectivity index (χ1v) is 12.2. The van der Waals surface area contributed by atoms with Crippen LogP contribution in [0.15, 0.2) is 102 Å². The van der Waals surface area contributed by atoms with E-state index in [1.807, 2.05) is 48.5 Å². The molecule has 1 saturated heterocycles. The van der Waals surface area contributed by atoms with Gasteiger partial charge in [-0.15, -0.1) is 0 Å². The van der Waals surface area contributed by atoms with Crippen molar-refractivity contribution in [3.05, 3.63) is 113 Å². The fourth-order valence-corrected chi connectivity index (χ4v) is 4.36. The molecule has 0 unspecified atom stereocenters. The topological polar surface area (TPSA) is 43.7 Å². The van der Waals surface area contributed by atoms with E-state index in [9.17, 15) is 4.79 Å². The number of pyridine rings is 1. The van der Waals surface area contributed by atoms with Crippen LogP contribution in [-0.2, 0) is 6.61 Å². The number of rotatable bonds is 9. The summed E-state index contributed by atoms with van der Waals surface area (Å²) in [6, 6.07) is 29.5. The van der Waals surface area contributed by atoms with Gasteiger partial charge < -0.3 is 9.47 Å². The summed E-state index contributed by atoms with van der Waals surface area (Å²) in [6.07, 6.45) is 4.32. The molecular formula is C30H30N2O3. The molecule has 5 heteroatoms. The van der Waals surface area contributed by atoms with Gasteiger partial charge in [-0.2, -0.15) is 0 Å². The minimum absolute atomic E-state index is 0.135. The maximum absolute atomic E-state index is 12.7. The predicted molar refractivity (Wildman–Crippen MR) is 139 cm³/mol. The molecule has 0 atom stereocenters. The average Bonchev–Trinajstić information content (AvgIpc) is 3.43. The first-order valence-electron chi connectivity index (χ1n) is 12.2. The Labute approximate surface area is 206 Å². The van der Waals surface area contributed by atoms with Gasteiger partial charge in [0, 0.05) is 24.5 Å². The van der Waals surface area contributed by atoms with Gasteiger partial charge in [-0.25, -0.2) is 0 Å². The predicted octanol–water partition coefficient (Wildman–Crippen LogP) is 5.56. The molecule has 3 aromatic carbocycles. The highest BCUT2D eigenvalue weighted by Gasteiger charge is 2.11. The Bertz CT molecular complexity index is 1280. The molecule has 35 heavy (non-hydrogen) atoms. The Morgan fingerprint density at radius 3 is 2.14 bits per heavy atom. The molecular weight excluding hydrogens is 436 g/mol. The van der Waals surface area contributed by atoms with Crippen molar-refractivity contribution in [1.82, 2.24) is 9.47 Å². The van der Waals surface area contributed by atoms with Crippen molar-refractivity contribution in [1.29, 1.82) is 0 Å². The molecule has 1 aliphatic rings.